The van der Waals surface area contributed by atoms with Gasteiger partial charge in [0, 0.05) is 37.1 Å². The molecule has 0 spiro atoms. The Bertz CT molecular complexity index is 1200. The van der Waals surface area contributed by atoms with Crippen molar-refractivity contribution in [3.63, 3.8) is 0 Å². The number of nitrogens with zero attached hydrogens (tertiary/aromatic N) is 2. The Morgan fingerprint density at radius 1 is 0.942 bits per heavy atom. The van der Waals surface area contributed by atoms with E-state index in [1.165, 1.54) is 14.0 Å². The minimum Gasteiger partial charge on any atom is -0.459 e. The summed E-state index contributed by atoms with van der Waals surface area (Å²) >= 11 is 0. The Labute approximate surface area is 310 Å². The smallest absolute Gasteiger partial charge is 0.311 e. The van der Waals surface area contributed by atoms with Gasteiger partial charge in [-0.2, -0.15) is 5.10 Å². The molecular weight excluding hydrogens is 678 g/mol. The summed E-state index contributed by atoms with van der Waals surface area (Å²) in [6, 6.07) is -0.306. The predicted molar refractivity (Wildman–Crippen MR) is 193 cm³/mol. The van der Waals surface area contributed by atoms with Gasteiger partial charge in [-0.3, -0.25) is 4.79 Å². The highest BCUT2D eigenvalue weighted by atomic mass is 16.7. The molecular formula is C37H69N3O12. The van der Waals surface area contributed by atoms with Crippen molar-refractivity contribution in [2.24, 2.45) is 34.6 Å². The lowest BCUT2D eigenvalue weighted by molar-refractivity contribution is -0.317. The van der Waals surface area contributed by atoms with Crippen molar-refractivity contribution in [1.82, 2.24) is 4.90 Å². The number of hydrogen-bond acceptors (Lipinski definition) is 15. The molecule has 0 aliphatic carbocycles. The number of esters is 1. The monoisotopic (exact) mass is 747 g/mol. The van der Waals surface area contributed by atoms with E-state index in [0.29, 0.717) is 12.1 Å². The first-order valence-electron chi connectivity index (χ1n) is 18.8. The molecule has 15 nitrogen and oxygen atoms in total. The Morgan fingerprint density at radius 3 is 2.10 bits per heavy atom. The maximum Gasteiger partial charge on any atom is 0.311 e. The average molecular weight is 748 g/mol. The van der Waals surface area contributed by atoms with Crippen molar-refractivity contribution >= 4 is 11.7 Å². The third-order valence-electron chi connectivity index (χ3n) is 12.0. The van der Waals surface area contributed by atoms with Gasteiger partial charge < -0.3 is 64.7 Å². The molecule has 3 heterocycles. The molecule has 0 saturated carbocycles. The molecule has 7 N–H and O–H groups in total. The zero-order valence-electron chi connectivity index (χ0n) is 33.6. The summed E-state index contributed by atoms with van der Waals surface area (Å²) in [6.07, 6.45) is -9.09. The summed E-state index contributed by atoms with van der Waals surface area (Å²) in [7, 11) is 5.22. The number of aliphatic hydroxyl groups is 5. The molecule has 3 fully saturated rings. The zero-order chi connectivity index (χ0) is 39.7. The van der Waals surface area contributed by atoms with Crippen molar-refractivity contribution < 1.29 is 58.7 Å². The van der Waals surface area contributed by atoms with Gasteiger partial charge in [0.1, 0.15) is 23.9 Å². The molecule has 0 aromatic carbocycles. The molecule has 0 radical (unpaired) electrons. The third kappa shape index (κ3) is 9.47. The molecule has 15 heteroatoms. The van der Waals surface area contributed by atoms with Crippen LogP contribution in [-0.2, 0) is 33.2 Å². The quantitative estimate of drug-likeness (QED) is 0.124. The van der Waals surface area contributed by atoms with Crippen LogP contribution in [0.1, 0.15) is 94.9 Å². The lowest BCUT2D eigenvalue weighted by Crippen LogP contribution is -2.61. The number of aliphatic hydroxyl groups excluding tert-OH is 3. The van der Waals surface area contributed by atoms with Gasteiger partial charge >= 0.3 is 5.97 Å². The van der Waals surface area contributed by atoms with Crippen LogP contribution in [0.4, 0.5) is 0 Å². The third-order valence-corrected chi connectivity index (χ3v) is 12.0. The molecule has 0 bridgehead atoms. The van der Waals surface area contributed by atoms with Crippen LogP contribution >= 0.6 is 0 Å². The van der Waals surface area contributed by atoms with Gasteiger partial charge in [0.15, 0.2) is 12.6 Å². The number of carbonyl (C=O) groups is 1. The van der Waals surface area contributed by atoms with Crippen molar-refractivity contribution in [3.8, 4) is 0 Å². The second kappa shape index (κ2) is 17.5. The van der Waals surface area contributed by atoms with Gasteiger partial charge in [-0.25, -0.2) is 0 Å². The second-order valence-corrected chi connectivity index (χ2v) is 16.6. The lowest BCUT2D eigenvalue weighted by Gasteiger charge is -2.49. The molecule has 3 aliphatic heterocycles. The number of hydrogen-bond donors (Lipinski definition) is 6. The first-order chi connectivity index (χ1) is 24.0. The van der Waals surface area contributed by atoms with Crippen molar-refractivity contribution in [2.75, 3.05) is 21.2 Å². The number of ether oxygens (including phenoxy) is 6. The van der Waals surface area contributed by atoms with Gasteiger partial charge in [-0.1, -0.05) is 27.7 Å². The maximum absolute atomic E-state index is 14.2. The summed E-state index contributed by atoms with van der Waals surface area (Å²) < 4.78 is 37.3. The number of cyclic esters (lactones) is 1. The largest absolute Gasteiger partial charge is 0.459 e. The Hall–Kier alpha value is -1.50. The van der Waals surface area contributed by atoms with Gasteiger partial charge in [0.05, 0.1) is 47.6 Å². The summed E-state index contributed by atoms with van der Waals surface area (Å²) in [5, 5.41) is 62.2. The number of rotatable bonds is 7. The number of methoxy groups -OCH3 is 1. The van der Waals surface area contributed by atoms with Crippen LogP contribution < -0.4 is 5.84 Å². The summed E-state index contributed by atoms with van der Waals surface area (Å²) in [6.45, 7) is 17.0. The molecule has 0 amide bonds. The molecule has 18 atom stereocenters. The highest BCUT2D eigenvalue weighted by Crippen LogP contribution is 2.41. The maximum atomic E-state index is 14.2. The number of carbonyl (C=O) groups excluding carboxylic acids is 1. The fourth-order valence-electron chi connectivity index (χ4n) is 8.67. The van der Waals surface area contributed by atoms with E-state index in [9.17, 15) is 30.3 Å². The van der Waals surface area contributed by atoms with Gasteiger partial charge in [0.25, 0.3) is 0 Å². The minimum absolute atomic E-state index is 0.0143. The van der Waals surface area contributed by atoms with Crippen LogP contribution in [-0.4, -0.2) is 148 Å². The van der Waals surface area contributed by atoms with Crippen LogP contribution in [0.15, 0.2) is 5.10 Å². The van der Waals surface area contributed by atoms with Gasteiger partial charge in [-0.15, -0.1) is 0 Å². The molecule has 3 saturated heterocycles. The van der Waals surface area contributed by atoms with Crippen molar-refractivity contribution in [3.05, 3.63) is 0 Å². The van der Waals surface area contributed by atoms with Crippen LogP contribution in [0, 0.1) is 23.7 Å². The van der Waals surface area contributed by atoms with E-state index in [0.717, 1.165) is 0 Å². The lowest BCUT2D eigenvalue weighted by atomic mass is 9.73. The molecule has 3 rings (SSSR count). The second-order valence-electron chi connectivity index (χ2n) is 16.6. The van der Waals surface area contributed by atoms with E-state index in [-0.39, 0.29) is 31.4 Å². The average Bonchev–Trinajstić information content (AvgIpc) is 3.06. The first-order valence-corrected chi connectivity index (χ1v) is 18.8. The van der Waals surface area contributed by atoms with Gasteiger partial charge in [-0.05, 0) is 80.8 Å². The highest BCUT2D eigenvalue weighted by Gasteiger charge is 2.53. The molecule has 3 aliphatic rings. The SMILES string of the molecule is CC[C@H]1OC(=O)[C@H](C)[C@@H](O[C@H]2C[C@@](C)(OC)[C@@H](O)[C@H](C)O2)[C@H](C)[C@@H](O[C@@H]2O[C@H](C)C[C@H](N(C)C)[C@H]2O)[C@](C)(O)C[C@@H](C)/C(=N\N)[C@H](C)[C@@H](O)[C@]1(C)O. The topological polar surface area (TPSA) is 215 Å². The normalized spacial score (nSPS) is 49.8. The highest BCUT2D eigenvalue weighted by molar-refractivity contribution is 5.89. The van der Waals surface area contributed by atoms with Crippen LogP contribution in [0.25, 0.3) is 0 Å². The Balaban J connectivity index is 2.21. The van der Waals surface area contributed by atoms with Crippen LogP contribution in [0.5, 0.6) is 0 Å². The minimum atomic E-state index is -1.91. The van der Waals surface area contributed by atoms with Crippen molar-refractivity contribution in [2.45, 2.75) is 179 Å². The predicted octanol–water partition coefficient (Wildman–Crippen LogP) is 1.53. The van der Waals surface area contributed by atoms with E-state index in [1.807, 2.05) is 32.8 Å². The number of hydrazone groups is 1. The van der Waals surface area contributed by atoms with Gasteiger partial charge in [0.2, 0.25) is 0 Å². The van der Waals surface area contributed by atoms with Crippen LogP contribution in [0.2, 0.25) is 0 Å². The summed E-state index contributed by atoms with van der Waals surface area (Å²) in [5.74, 6) is 2.00. The van der Waals surface area contributed by atoms with Crippen molar-refractivity contribution in [1.29, 1.82) is 0 Å². The van der Waals surface area contributed by atoms with E-state index in [1.54, 1.807) is 48.5 Å². The van der Waals surface area contributed by atoms with Crippen LogP contribution in [0.3, 0.4) is 0 Å². The fraction of sp³-hybridized carbons (Fsp3) is 0.946. The standard InChI is InChI=1S/C37H69N3O12/c1-14-25-37(10,46)30(42)20(4)27(39-38)18(2)16-35(8,45)32(52-34-28(41)24(40(11)12)15-19(3)48-34)21(5)29(22(6)33(44)50-25)51-26-17-36(9,47-13)31(43)23(7)49-26/h18-26,28-32,34,41-43,45-46H,14-17,38H2,1-13H3/b39-27+/t18-,19-,20+,21+,22-,23+,24+,25-,26+,28-,29+,30-,31+,32-,34+,35-,36-,37-/m1/s1. The Kier molecular flexibility index (Phi) is 15.1. The molecule has 0 aromatic heterocycles. The molecule has 304 valence electrons. The first kappa shape index (κ1) is 44.9. The summed E-state index contributed by atoms with van der Waals surface area (Å²) in [4.78, 5) is 16.1. The van der Waals surface area contributed by atoms with E-state index in [2.05, 4.69) is 5.10 Å². The van der Waals surface area contributed by atoms with E-state index < -0.39 is 102 Å². The summed E-state index contributed by atoms with van der Waals surface area (Å²) in [5.41, 5.74) is -4.33. The fourth-order valence-corrected chi connectivity index (χ4v) is 8.67. The zero-order valence-corrected chi connectivity index (χ0v) is 33.6. The molecule has 0 aromatic rings. The Morgan fingerprint density at radius 2 is 1.56 bits per heavy atom. The molecule has 0 unspecified atom stereocenters. The van der Waals surface area contributed by atoms with E-state index in [4.69, 9.17) is 34.3 Å². The molecule has 52 heavy (non-hydrogen) atoms. The number of likely N-dealkylation sites (N-methyl/N-ethyl adjacent to an activating group) is 1. The van der Waals surface area contributed by atoms with E-state index >= 15 is 0 Å². The number of nitrogens with two attached hydrogens (primary N) is 1.